The lowest BCUT2D eigenvalue weighted by Gasteiger charge is -2.31. The van der Waals surface area contributed by atoms with Crippen LogP contribution >= 0.6 is 8.58 Å². The van der Waals surface area contributed by atoms with E-state index in [0.29, 0.717) is 8.58 Å². The highest BCUT2D eigenvalue weighted by molar-refractivity contribution is 7.39. The van der Waals surface area contributed by atoms with E-state index in [1.54, 1.807) is 0 Å². The van der Waals surface area contributed by atoms with Crippen molar-refractivity contribution in [2.45, 2.75) is 12.1 Å². The van der Waals surface area contributed by atoms with Crippen LogP contribution in [0.4, 0.5) is 34.1 Å². The maximum atomic E-state index is 6.73. The van der Waals surface area contributed by atoms with Crippen LogP contribution in [0.3, 0.4) is 0 Å². The monoisotopic (exact) mass is 1000 g/mol. The fourth-order valence-corrected chi connectivity index (χ4v) is 12.9. The molecule has 366 valence electrons. The molecule has 14 rings (SSSR count). The van der Waals surface area contributed by atoms with Crippen LogP contribution in [0.15, 0.2) is 283 Å². The maximum absolute atomic E-state index is 6.73. The molecule has 0 radical (unpaired) electrons. The maximum Gasteiger partial charge on any atom is 0.143 e. The fourth-order valence-electron chi connectivity index (χ4n) is 11.9. The molecule has 3 nitrogen and oxygen atoms in total. The third-order valence-corrected chi connectivity index (χ3v) is 17.4. The quantitative estimate of drug-likeness (QED) is 0.120. The molecule has 1 aliphatic carbocycles. The minimum Gasteiger partial charge on any atom is -0.455 e. The van der Waals surface area contributed by atoms with E-state index in [4.69, 9.17) is 4.42 Å². The minimum atomic E-state index is -0.0987. The van der Waals surface area contributed by atoms with Crippen molar-refractivity contribution < 1.29 is 4.42 Å². The summed E-state index contributed by atoms with van der Waals surface area (Å²) in [4.78, 5) is 4.85. The molecule has 1 aromatic heterocycles. The van der Waals surface area contributed by atoms with E-state index in [9.17, 15) is 0 Å². The van der Waals surface area contributed by atoms with Gasteiger partial charge in [-0.15, -0.1) is 8.58 Å². The van der Waals surface area contributed by atoms with Crippen LogP contribution in [0.2, 0.25) is 0 Å². The van der Waals surface area contributed by atoms with E-state index in [-0.39, 0.29) is 5.16 Å². The second-order valence-electron chi connectivity index (χ2n) is 20.2. The first-order valence-corrected chi connectivity index (χ1v) is 28.0. The van der Waals surface area contributed by atoms with Gasteiger partial charge in [-0.3, -0.25) is 0 Å². The summed E-state index contributed by atoms with van der Waals surface area (Å²) in [6.07, 6.45) is 0. The lowest BCUT2D eigenvalue weighted by Crippen LogP contribution is -2.16. The van der Waals surface area contributed by atoms with Crippen molar-refractivity contribution in [2.75, 3.05) is 16.5 Å². The van der Waals surface area contributed by atoms with Crippen LogP contribution in [0.25, 0.3) is 88.3 Å². The number of hydrogen-bond donors (Lipinski definition) is 0. The average Bonchev–Trinajstić information content (AvgIpc) is 4.04. The molecule has 1 heterocycles. The van der Waals surface area contributed by atoms with Crippen LogP contribution in [0, 0.1) is 0 Å². The number of hydrogen-bond acceptors (Lipinski definition) is 3. The Bertz CT molecular complexity index is 4340. The largest absolute Gasteiger partial charge is 0.455 e. The second kappa shape index (κ2) is 19.1. The van der Waals surface area contributed by atoms with Crippen molar-refractivity contribution in [3.05, 3.63) is 290 Å². The summed E-state index contributed by atoms with van der Waals surface area (Å²) >= 11 is 0. The van der Waals surface area contributed by atoms with Gasteiger partial charge in [-0.1, -0.05) is 194 Å². The molecule has 77 heavy (non-hydrogen) atoms. The van der Waals surface area contributed by atoms with Crippen LogP contribution in [-0.4, -0.2) is 6.66 Å². The predicted octanol–water partition coefficient (Wildman–Crippen LogP) is 20.9. The summed E-state index contributed by atoms with van der Waals surface area (Å²) in [5.41, 5.74) is 22.7. The standard InChI is InChI=1S/C73H53N2OP/c1-73(77-2)68-34-15-14-31-65(68)66-41-40-60(48-69(66)73)75(58-28-10-5-11-29-58)62-46-56(45-61(47-62)74(57-26-8-4-9-27-57)59-38-35-50(36-39-59)49-19-6-3-7-20-49)54-24-16-22-52(43-54)53-23-17-25-55(44-53)64-32-18-33-67-71-63-30-13-12-21-51(63)37-42-70(71)76-72(64)67/h3-48,77H,1-2H3. The lowest BCUT2D eigenvalue weighted by molar-refractivity contribution is 0.670. The molecule has 0 amide bonds. The van der Waals surface area contributed by atoms with Gasteiger partial charge in [0.25, 0.3) is 0 Å². The highest BCUT2D eigenvalue weighted by Crippen LogP contribution is 2.58. The van der Waals surface area contributed by atoms with Crippen molar-refractivity contribution in [1.29, 1.82) is 0 Å². The van der Waals surface area contributed by atoms with E-state index in [0.717, 1.165) is 89.4 Å². The Kier molecular flexibility index (Phi) is 11.5. The summed E-state index contributed by atoms with van der Waals surface area (Å²) in [7, 11) is 0.689. The molecule has 0 saturated heterocycles. The Hall–Kier alpha value is -9.27. The van der Waals surface area contributed by atoms with E-state index >= 15 is 0 Å². The van der Waals surface area contributed by atoms with Gasteiger partial charge in [0.2, 0.25) is 0 Å². The molecular formula is C73H53N2OP. The molecular weight excluding hydrogens is 952 g/mol. The fraction of sp³-hybridized carbons (Fsp3) is 0.0411. The Morgan fingerprint density at radius 3 is 1.55 bits per heavy atom. The average molecular weight is 1010 g/mol. The third kappa shape index (κ3) is 8.11. The van der Waals surface area contributed by atoms with Gasteiger partial charge in [0.15, 0.2) is 0 Å². The highest BCUT2D eigenvalue weighted by Gasteiger charge is 2.38. The topological polar surface area (TPSA) is 19.6 Å². The van der Waals surface area contributed by atoms with Crippen LogP contribution < -0.4 is 9.80 Å². The van der Waals surface area contributed by atoms with Crippen molar-refractivity contribution in [1.82, 2.24) is 0 Å². The number of para-hydroxylation sites is 3. The SMILES string of the molecule is CPC1(C)c2ccccc2-c2ccc(N(c3ccccc3)c3cc(-c4cccc(-c5cccc(-c6cccc7c6oc6ccc8ccccc8c67)c5)c4)cc(N(c4ccccc4)c4ccc(-c5ccccc5)cc4)c3)cc21. The molecule has 0 aliphatic heterocycles. The van der Waals surface area contributed by atoms with Gasteiger partial charge in [0.05, 0.1) is 0 Å². The number of fused-ring (bicyclic) bond motifs is 8. The Morgan fingerprint density at radius 1 is 0.325 bits per heavy atom. The summed E-state index contributed by atoms with van der Waals surface area (Å²) in [5, 5.41) is 4.60. The zero-order valence-electron chi connectivity index (χ0n) is 42.9. The van der Waals surface area contributed by atoms with Gasteiger partial charge >= 0.3 is 0 Å². The van der Waals surface area contributed by atoms with Crippen molar-refractivity contribution in [3.8, 4) is 55.6 Å². The number of rotatable bonds is 11. The smallest absolute Gasteiger partial charge is 0.143 e. The predicted molar refractivity (Wildman–Crippen MR) is 328 cm³/mol. The molecule has 4 heteroatoms. The second-order valence-corrected chi connectivity index (χ2v) is 21.7. The first-order chi connectivity index (χ1) is 38.0. The Morgan fingerprint density at radius 2 is 0.831 bits per heavy atom. The molecule has 2 unspecified atom stereocenters. The van der Waals surface area contributed by atoms with Crippen LogP contribution in [0.1, 0.15) is 18.1 Å². The van der Waals surface area contributed by atoms with E-state index in [1.165, 1.54) is 44.2 Å². The van der Waals surface area contributed by atoms with Gasteiger partial charge in [-0.05, 0) is 170 Å². The number of benzene rings is 12. The first kappa shape index (κ1) is 46.3. The van der Waals surface area contributed by atoms with Crippen molar-refractivity contribution in [3.63, 3.8) is 0 Å². The van der Waals surface area contributed by atoms with Crippen molar-refractivity contribution >= 4 is 75.4 Å². The number of furan rings is 1. The first-order valence-electron chi connectivity index (χ1n) is 26.5. The molecule has 0 bridgehead atoms. The minimum absolute atomic E-state index is 0.0987. The summed E-state index contributed by atoms with van der Waals surface area (Å²) < 4.78 is 6.73. The molecule has 12 aromatic carbocycles. The summed E-state index contributed by atoms with van der Waals surface area (Å²) in [5.74, 6) is 0. The number of nitrogens with zero attached hydrogens (tertiary/aromatic N) is 2. The molecule has 1 aliphatic rings. The normalized spacial score (nSPS) is 13.8. The summed E-state index contributed by atoms with van der Waals surface area (Å²) in [6, 6.07) is 102. The Labute approximate surface area is 451 Å². The van der Waals surface area contributed by atoms with Gasteiger partial charge in [0, 0.05) is 55.6 Å². The van der Waals surface area contributed by atoms with Gasteiger partial charge in [-0.2, -0.15) is 0 Å². The van der Waals surface area contributed by atoms with Gasteiger partial charge in [0.1, 0.15) is 11.2 Å². The molecule has 2 atom stereocenters. The Balaban J connectivity index is 0.938. The van der Waals surface area contributed by atoms with Gasteiger partial charge < -0.3 is 14.2 Å². The molecule has 0 fully saturated rings. The third-order valence-electron chi connectivity index (χ3n) is 15.8. The summed E-state index contributed by atoms with van der Waals surface area (Å²) in [6.45, 7) is 4.77. The molecule has 0 spiro atoms. The van der Waals surface area contributed by atoms with Crippen molar-refractivity contribution in [2.24, 2.45) is 0 Å². The van der Waals surface area contributed by atoms with E-state index in [2.05, 4.69) is 302 Å². The van der Waals surface area contributed by atoms with Crippen LogP contribution in [0.5, 0.6) is 0 Å². The van der Waals surface area contributed by atoms with E-state index < -0.39 is 0 Å². The number of anilines is 6. The zero-order chi connectivity index (χ0) is 51.5. The van der Waals surface area contributed by atoms with Gasteiger partial charge in [-0.25, -0.2) is 0 Å². The molecule has 0 saturated carbocycles. The lowest BCUT2D eigenvalue weighted by atomic mass is 9.94. The molecule has 0 N–H and O–H groups in total. The molecule has 13 aromatic rings. The van der Waals surface area contributed by atoms with E-state index in [1.807, 2.05) is 0 Å². The van der Waals surface area contributed by atoms with Crippen LogP contribution in [-0.2, 0) is 5.16 Å². The highest BCUT2D eigenvalue weighted by atomic mass is 31.1. The zero-order valence-corrected chi connectivity index (χ0v) is 43.9.